The number of nitriles is 1. The second-order valence-corrected chi connectivity index (χ2v) is 6.54. The molecule has 1 saturated carbocycles. The van der Waals surface area contributed by atoms with Crippen molar-refractivity contribution in [2.75, 3.05) is 32.9 Å². The number of rotatable bonds is 6. The number of ether oxygens (including phenoxy) is 2. The first kappa shape index (κ1) is 17.7. The number of carbonyl (C=O) groups excluding carboxylic acids is 1. The smallest absolute Gasteiger partial charge is 0.239 e. The van der Waals surface area contributed by atoms with E-state index >= 15 is 0 Å². The minimum absolute atomic E-state index is 0.0232. The zero-order valence-corrected chi connectivity index (χ0v) is 14.4. The van der Waals surface area contributed by atoms with Crippen molar-refractivity contribution in [3.63, 3.8) is 0 Å². The quantitative estimate of drug-likeness (QED) is 0.796. The molecule has 1 heterocycles. The van der Waals surface area contributed by atoms with Gasteiger partial charge in [0.1, 0.15) is 18.4 Å². The monoisotopic (exact) mass is 343 g/mol. The van der Waals surface area contributed by atoms with Gasteiger partial charge in [-0.15, -0.1) is 0 Å². The molecule has 6 heteroatoms. The fraction of sp³-hybridized carbons (Fsp3) is 0.579. The number of nitrogens with one attached hydrogen (secondary N) is 1. The topological polar surface area (TPSA) is 74.6 Å². The van der Waals surface area contributed by atoms with Gasteiger partial charge in [-0.3, -0.25) is 9.69 Å². The molecule has 2 aliphatic rings. The summed E-state index contributed by atoms with van der Waals surface area (Å²) in [4.78, 5) is 14.9. The third-order valence-electron chi connectivity index (χ3n) is 4.92. The van der Waals surface area contributed by atoms with Crippen molar-refractivity contribution < 1.29 is 14.3 Å². The highest BCUT2D eigenvalue weighted by Gasteiger charge is 2.35. The first-order chi connectivity index (χ1) is 12.3. The molecule has 1 atom stereocenters. The molecular weight excluding hydrogens is 318 g/mol. The summed E-state index contributed by atoms with van der Waals surface area (Å²) in [6, 6.07) is 9.36. The molecular formula is C19H25N3O3. The Morgan fingerprint density at radius 1 is 1.32 bits per heavy atom. The molecule has 0 spiro atoms. The summed E-state index contributed by atoms with van der Waals surface area (Å²) in [5.74, 6) is 0.719. The Morgan fingerprint density at radius 2 is 2.08 bits per heavy atom. The Labute approximate surface area is 148 Å². The van der Waals surface area contributed by atoms with Crippen LogP contribution in [0.2, 0.25) is 0 Å². The molecule has 1 N–H and O–H groups in total. The van der Waals surface area contributed by atoms with Gasteiger partial charge in [-0.25, -0.2) is 0 Å². The van der Waals surface area contributed by atoms with Crippen LogP contribution in [-0.4, -0.2) is 55.8 Å². The van der Waals surface area contributed by atoms with E-state index in [9.17, 15) is 4.79 Å². The molecule has 0 radical (unpaired) electrons. The first-order valence-electron chi connectivity index (χ1n) is 9.02. The third-order valence-corrected chi connectivity index (χ3v) is 4.92. The lowest BCUT2D eigenvalue weighted by atomic mass is 10.1. The largest absolute Gasteiger partial charge is 0.492 e. The minimum atomic E-state index is -0.188. The SMILES string of the molecule is N#Cc1ccc(OCCNC(=O)[C@H]2COCCN2C2CCCC2)cc1. The molecule has 1 aliphatic heterocycles. The average Bonchev–Trinajstić information content (AvgIpc) is 3.20. The third kappa shape index (κ3) is 4.71. The Bertz CT molecular complexity index is 605. The highest BCUT2D eigenvalue weighted by atomic mass is 16.5. The van der Waals surface area contributed by atoms with Crippen LogP contribution in [0.25, 0.3) is 0 Å². The van der Waals surface area contributed by atoms with E-state index < -0.39 is 0 Å². The summed E-state index contributed by atoms with van der Waals surface area (Å²) in [7, 11) is 0. The molecule has 0 aromatic heterocycles. The van der Waals surface area contributed by atoms with Crippen LogP contribution in [0.4, 0.5) is 0 Å². The summed E-state index contributed by atoms with van der Waals surface area (Å²) in [5.41, 5.74) is 0.602. The highest BCUT2D eigenvalue weighted by Crippen LogP contribution is 2.26. The number of carbonyl (C=O) groups is 1. The van der Waals surface area contributed by atoms with Gasteiger partial charge < -0.3 is 14.8 Å². The number of hydrogen-bond donors (Lipinski definition) is 1. The Balaban J connectivity index is 1.43. The zero-order valence-electron chi connectivity index (χ0n) is 14.4. The summed E-state index contributed by atoms with van der Waals surface area (Å²) < 4.78 is 11.1. The number of benzene rings is 1. The normalized spacial score (nSPS) is 21.6. The number of amides is 1. The minimum Gasteiger partial charge on any atom is -0.492 e. The molecule has 2 fully saturated rings. The van der Waals surface area contributed by atoms with Crippen molar-refractivity contribution in [3.8, 4) is 11.8 Å². The van der Waals surface area contributed by atoms with Crippen LogP contribution in [-0.2, 0) is 9.53 Å². The number of morpholine rings is 1. The van der Waals surface area contributed by atoms with Crippen LogP contribution in [0.3, 0.4) is 0 Å². The van der Waals surface area contributed by atoms with Gasteiger partial charge in [-0.05, 0) is 37.1 Å². The van der Waals surface area contributed by atoms with E-state index in [0.29, 0.717) is 43.7 Å². The average molecular weight is 343 g/mol. The van der Waals surface area contributed by atoms with E-state index in [1.165, 1.54) is 25.7 Å². The maximum Gasteiger partial charge on any atom is 0.239 e. The molecule has 25 heavy (non-hydrogen) atoms. The Kier molecular flexibility index (Phi) is 6.26. The molecule has 0 unspecified atom stereocenters. The first-order valence-corrected chi connectivity index (χ1v) is 9.02. The Morgan fingerprint density at radius 3 is 2.80 bits per heavy atom. The van der Waals surface area contributed by atoms with Gasteiger partial charge in [0.05, 0.1) is 31.4 Å². The predicted molar refractivity (Wildman–Crippen MR) is 93.2 cm³/mol. The number of nitrogens with zero attached hydrogens (tertiary/aromatic N) is 2. The van der Waals surface area contributed by atoms with Gasteiger partial charge in [-0.1, -0.05) is 12.8 Å². The maximum atomic E-state index is 12.5. The van der Waals surface area contributed by atoms with Gasteiger partial charge in [0, 0.05) is 12.6 Å². The fourth-order valence-electron chi connectivity index (χ4n) is 3.60. The van der Waals surface area contributed by atoms with Crippen LogP contribution >= 0.6 is 0 Å². The van der Waals surface area contributed by atoms with Crippen LogP contribution < -0.4 is 10.1 Å². The molecule has 6 nitrogen and oxygen atoms in total. The van der Waals surface area contributed by atoms with E-state index in [1.54, 1.807) is 24.3 Å². The standard InChI is InChI=1S/C19H25N3O3/c20-13-15-5-7-17(8-6-15)25-11-9-21-19(23)18-14-24-12-10-22(18)16-3-1-2-4-16/h5-8,16,18H,1-4,9-12,14H2,(H,21,23)/t18-/m1/s1. The molecule has 134 valence electrons. The van der Waals surface area contributed by atoms with Crippen molar-refractivity contribution in [1.29, 1.82) is 5.26 Å². The maximum absolute atomic E-state index is 12.5. The lowest BCUT2D eigenvalue weighted by Gasteiger charge is -2.38. The summed E-state index contributed by atoms with van der Waals surface area (Å²) >= 11 is 0. The lowest BCUT2D eigenvalue weighted by Crippen LogP contribution is -2.57. The van der Waals surface area contributed by atoms with E-state index in [-0.39, 0.29) is 11.9 Å². The van der Waals surface area contributed by atoms with Gasteiger partial charge >= 0.3 is 0 Å². The van der Waals surface area contributed by atoms with Crippen molar-refractivity contribution in [1.82, 2.24) is 10.2 Å². The van der Waals surface area contributed by atoms with Crippen LogP contribution in [0.15, 0.2) is 24.3 Å². The molecule has 1 aliphatic carbocycles. The van der Waals surface area contributed by atoms with Crippen LogP contribution in [0.1, 0.15) is 31.2 Å². The van der Waals surface area contributed by atoms with Crippen LogP contribution in [0.5, 0.6) is 5.75 Å². The zero-order chi connectivity index (χ0) is 17.5. The fourth-order valence-corrected chi connectivity index (χ4v) is 3.60. The molecule has 1 aromatic carbocycles. The van der Waals surface area contributed by atoms with E-state index in [0.717, 1.165) is 6.54 Å². The predicted octanol–water partition coefficient (Wildman–Crippen LogP) is 1.70. The van der Waals surface area contributed by atoms with Crippen LogP contribution in [0, 0.1) is 11.3 Å². The highest BCUT2D eigenvalue weighted by molar-refractivity contribution is 5.82. The molecule has 0 bridgehead atoms. The second kappa shape index (κ2) is 8.84. The van der Waals surface area contributed by atoms with Gasteiger partial charge in [0.25, 0.3) is 0 Å². The summed E-state index contributed by atoms with van der Waals surface area (Å²) in [6.07, 6.45) is 4.89. The molecule has 1 aromatic rings. The van der Waals surface area contributed by atoms with E-state index in [1.807, 2.05) is 0 Å². The van der Waals surface area contributed by atoms with E-state index in [4.69, 9.17) is 14.7 Å². The molecule has 1 saturated heterocycles. The van der Waals surface area contributed by atoms with Gasteiger partial charge in [0.15, 0.2) is 0 Å². The van der Waals surface area contributed by atoms with Crippen molar-refractivity contribution in [2.24, 2.45) is 0 Å². The van der Waals surface area contributed by atoms with Crippen molar-refractivity contribution in [3.05, 3.63) is 29.8 Å². The lowest BCUT2D eigenvalue weighted by molar-refractivity contribution is -0.134. The van der Waals surface area contributed by atoms with Crippen molar-refractivity contribution >= 4 is 5.91 Å². The van der Waals surface area contributed by atoms with Gasteiger partial charge in [0.2, 0.25) is 5.91 Å². The second-order valence-electron chi connectivity index (χ2n) is 6.54. The summed E-state index contributed by atoms with van der Waals surface area (Å²) in [6.45, 7) is 2.87. The van der Waals surface area contributed by atoms with Crippen molar-refractivity contribution in [2.45, 2.75) is 37.8 Å². The van der Waals surface area contributed by atoms with E-state index in [2.05, 4.69) is 16.3 Å². The molecule has 3 rings (SSSR count). The number of hydrogen-bond acceptors (Lipinski definition) is 5. The molecule has 1 amide bonds. The summed E-state index contributed by atoms with van der Waals surface area (Å²) in [5, 5.41) is 11.7. The Hall–Kier alpha value is -2.10. The van der Waals surface area contributed by atoms with Gasteiger partial charge in [-0.2, -0.15) is 5.26 Å².